The molecule has 0 saturated carbocycles. The molecular weight excluding hydrogens is 238 g/mol. The maximum Gasteiger partial charge on any atom is 0.213 e. The lowest BCUT2D eigenvalue weighted by Crippen LogP contribution is -2.28. The standard InChI is InChI=1S/C12H21NO3S/c1-9(13(8-14)6-10(2)15)7-17-11(16)12(3,4)5/h7-8,10,15H,6H2,1-5H3. The van der Waals surface area contributed by atoms with E-state index in [4.69, 9.17) is 0 Å². The quantitative estimate of drug-likeness (QED) is 0.767. The molecule has 4 nitrogen and oxygen atoms in total. The highest BCUT2D eigenvalue weighted by atomic mass is 32.2. The van der Waals surface area contributed by atoms with Gasteiger partial charge in [-0.2, -0.15) is 0 Å². The summed E-state index contributed by atoms with van der Waals surface area (Å²) < 4.78 is 0. The molecule has 1 N–H and O–H groups in total. The molecule has 0 saturated heterocycles. The van der Waals surface area contributed by atoms with Crippen LogP contribution in [0.15, 0.2) is 11.1 Å². The van der Waals surface area contributed by atoms with E-state index in [1.54, 1.807) is 19.3 Å². The van der Waals surface area contributed by atoms with E-state index in [1.807, 2.05) is 20.8 Å². The first kappa shape index (κ1) is 16.2. The second kappa shape index (κ2) is 6.81. The number of allylic oxidation sites excluding steroid dienone is 1. The third-order valence-corrected chi connectivity index (χ3v) is 3.28. The highest BCUT2D eigenvalue weighted by molar-refractivity contribution is 8.16. The van der Waals surface area contributed by atoms with Gasteiger partial charge >= 0.3 is 0 Å². The number of nitrogens with zero attached hydrogens (tertiary/aromatic N) is 1. The largest absolute Gasteiger partial charge is 0.392 e. The van der Waals surface area contributed by atoms with Crippen molar-refractivity contribution >= 4 is 23.3 Å². The van der Waals surface area contributed by atoms with Crippen LogP contribution in [-0.2, 0) is 9.59 Å². The number of aliphatic hydroxyl groups excluding tert-OH is 1. The van der Waals surface area contributed by atoms with Crippen LogP contribution in [-0.4, -0.2) is 34.2 Å². The average Bonchev–Trinajstić information content (AvgIpc) is 2.20. The van der Waals surface area contributed by atoms with Crippen molar-refractivity contribution in [1.29, 1.82) is 0 Å². The van der Waals surface area contributed by atoms with Crippen molar-refractivity contribution in [3.05, 3.63) is 11.1 Å². The molecule has 1 unspecified atom stereocenters. The van der Waals surface area contributed by atoms with Gasteiger partial charge in [-0.05, 0) is 19.3 Å². The normalized spacial score (nSPS) is 14.4. The first-order valence-corrected chi connectivity index (χ1v) is 6.34. The van der Waals surface area contributed by atoms with Crippen molar-refractivity contribution in [3.63, 3.8) is 0 Å². The van der Waals surface area contributed by atoms with Crippen LogP contribution >= 0.6 is 11.8 Å². The number of aliphatic hydroxyl groups is 1. The minimum Gasteiger partial charge on any atom is -0.392 e. The molecule has 0 aliphatic rings. The Morgan fingerprint density at radius 3 is 2.35 bits per heavy atom. The van der Waals surface area contributed by atoms with Gasteiger partial charge in [0.05, 0.1) is 12.6 Å². The summed E-state index contributed by atoms with van der Waals surface area (Å²) in [6.45, 7) is 9.11. The zero-order chi connectivity index (χ0) is 13.6. The smallest absolute Gasteiger partial charge is 0.213 e. The van der Waals surface area contributed by atoms with Crippen molar-refractivity contribution in [2.75, 3.05) is 6.54 Å². The zero-order valence-corrected chi connectivity index (χ0v) is 11.9. The number of carbonyl (C=O) groups is 2. The molecule has 0 heterocycles. The molecule has 98 valence electrons. The SMILES string of the molecule is CC(=CSC(=O)C(C)(C)C)N(C=O)CC(C)O. The van der Waals surface area contributed by atoms with Gasteiger partial charge in [0.15, 0.2) is 5.12 Å². The monoisotopic (exact) mass is 259 g/mol. The fourth-order valence-electron chi connectivity index (χ4n) is 0.938. The molecule has 0 rings (SSSR count). The second-order valence-electron chi connectivity index (χ2n) is 5.02. The van der Waals surface area contributed by atoms with Gasteiger partial charge in [-0.1, -0.05) is 32.5 Å². The molecule has 0 spiro atoms. The summed E-state index contributed by atoms with van der Waals surface area (Å²) in [5.41, 5.74) is 0.251. The van der Waals surface area contributed by atoms with Gasteiger partial charge in [0.2, 0.25) is 6.41 Å². The van der Waals surface area contributed by atoms with E-state index in [-0.39, 0.29) is 11.7 Å². The second-order valence-corrected chi connectivity index (χ2v) is 5.86. The summed E-state index contributed by atoms with van der Waals surface area (Å²) in [5, 5.41) is 10.9. The van der Waals surface area contributed by atoms with Gasteiger partial charge in [-0.25, -0.2) is 0 Å². The van der Waals surface area contributed by atoms with Gasteiger partial charge in [0.25, 0.3) is 0 Å². The molecule has 0 aromatic carbocycles. The summed E-state index contributed by atoms with van der Waals surface area (Å²) in [6, 6.07) is 0. The number of hydrogen-bond donors (Lipinski definition) is 1. The lowest BCUT2D eigenvalue weighted by Gasteiger charge is -2.20. The van der Waals surface area contributed by atoms with Gasteiger partial charge in [-0.15, -0.1) is 0 Å². The third kappa shape index (κ3) is 6.48. The highest BCUT2D eigenvalue weighted by Gasteiger charge is 2.21. The van der Waals surface area contributed by atoms with Gasteiger partial charge < -0.3 is 10.0 Å². The van der Waals surface area contributed by atoms with E-state index in [0.29, 0.717) is 12.1 Å². The van der Waals surface area contributed by atoms with Crippen LogP contribution in [0.2, 0.25) is 0 Å². The van der Waals surface area contributed by atoms with Crippen LogP contribution in [0.25, 0.3) is 0 Å². The van der Waals surface area contributed by atoms with Gasteiger partial charge in [0.1, 0.15) is 0 Å². The van der Waals surface area contributed by atoms with Crippen molar-refractivity contribution in [2.24, 2.45) is 5.41 Å². The Hall–Kier alpha value is -0.810. The molecular formula is C12H21NO3S. The van der Waals surface area contributed by atoms with E-state index in [1.165, 1.54) is 4.90 Å². The summed E-state index contributed by atoms with van der Waals surface area (Å²) in [6.07, 6.45) is 0.0626. The Balaban J connectivity index is 4.52. The zero-order valence-electron chi connectivity index (χ0n) is 11.1. The van der Waals surface area contributed by atoms with Crippen LogP contribution in [0.3, 0.4) is 0 Å². The van der Waals surface area contributed by atoms with Gasteiger partial charge in [-0.3, -0.25) is 9.59 Å². The van der Waals surface area contributed by atoms with E-state index >= 15 is 0 Å². The summed E-state index contributed by atoms with van der Waals surface area (Å²) in [5.74, 6) is 0. The number of rotatable bonds is 5. The van der Waals surface area contributed by atoms with Crippen LogP contribution in [0, 0.1) is 5.41 Å². The predicted molar refractivity (Wildman–Crippen MR) is 70.3 cm³/mol. The van der Waals surface area contributed by atoms with Crippen LogP contribution in [0.4, 0.5) is 0 Å². The summed E-state index contributed by atoms with van der Waals surface area (Å²) in [4.78, 5) is 23.9. The van der Waals surface area contributed by atoms with Crippen molar-refractivity contribution < 1.29 is 14.7 Å². The lowest BCUT2D eigenvalue weighted by atomic mass is 10.00. The van der Waals surface area contributed by atoms with E-state index in [0.717, 1.165) is 11.8 Å². The fraction of sp³-hybridized carbons (Fsp3) is 0.667. The fourth-order valence-corrected chi connectivity index (χ4v) is 1.70. The Bertz CT molecular complexity index is 305. The topological polar surface area (TPSA) is 57.6 Å². The highest BCUT2D eigenvalue weighted by Crippen LogP contribution is 2.24. The molecule has 0 bridgehead atoms. The minimum atomic E-state index is -0.591. The summed E-state index contributed by atoms with van der Waals surface area (Å²) >= 11 is 1.08. The van der Waals surface area contributed by atoms with E-state index in [9.17, 15) is 14.7 Å². The Labute approximate surface area is 107 Å². The van der Waals surface area contributed by atoms with Crippen molar-refractivity contribution in [1.82, 2.24) is 4.90 Å². The summed E-state index contributed by atoms with van der Waals surface area (Å²) in [7, 11) is 0. The number of thioether (sulfide) groups is 1. The molecule has 5 heteroatoms. The van der Waals surface area contributed by atoms with Crippen LogP contribution < -0.4 is 0 Å². The predicted octanol–water partition coefficient (Wildman–Crippen LogP) is 1.99. The molecule has 17 heavy (non-hydrogen) atoms. The Kier molecular flexibility index (Phi) is 6.49. The third-order valence-electron chi connectivity index (χ3n) is 1.99. The maximum atomic E-state index is 11.7. The van der Waals surface area contributed by atoms with E-state index < -0.39 is 11.5 Å². The van der Waals surface area contributed by atoms with Crippen molar-refractivity contribution in [2.45, 2.75) is 40.7 Å². The van der Waals surface area contributed by atoms with E-state index in [2.05, 4.69) is 0 Å². The average molecular weight is 259 g/mol. The maximum absolute atomic E-state index is 11.7. The molecule has 0 aliphatic heterocycles. The van der Waals surface area contributed by atoms with Gasteiger partial charge in [0, 0.05) is 11.1 Å². The Morgan fingerprint density at radius 2 is 2.00 bits per heavy atom. The number of carbonyl (C=O) groups excluding carboxylic acids is 2. The number of hydrogen-bond acceptors (Lipinski definition) is 4. The molecule has 1 amide bonds. The van der Waals surface area contributed by atoms with Crippen LogP contribution in [0.1, 0.15) is 34.6 Å². The van der Waals surface area contributed by atoms with Crippen LogP contribution in [0.5, 0.6) is 0 Å². The molecule has 1 atom stereocenters. The Morgan fingerprint density at radius 1 is 1.47 bits per heavy atom. The molecule has 0 aliphatic carbocycles. The minimum absolute atomic E-state index is 0.0414. The first-order valence-electron chi connectivity index (χ1n) is 5.46. The van der Waals surface area contributed by atoms with Crippen molar-refractivity contribution in [3.8, 4) is 0 Å². The molecule has 0 aromatic heterocycles. The molecule has 0 fully saturated rings. The molecule has 0 radical (unpaired) electrons. The number of amides is 1. The molecule has 0 aromatic rings. The first-order chi connectivity index (χ1) is 7.68. The lowest BCUT2D eigenvalue weighted by molar-refractivity contribution is -0.118.